The van der Waals surface area contributed by atoms with Gasteiger partial charge < -0.3 is 9.73 Å². The summed E-state index contributed by atoms with van der Waals surface area (Å²) in [6.07, 6.45) is 3.19. The zero-order chi connectivity index (χ0) is 17.6. The molecule has 0 aliphatic carbocycles. The van der Waals surface area contributed by atoms with Gasteiger partial charge in [0, 0.05) is 11.6 Å². The molecule has 1 atom stereocenters. The molecule has 0 aliphatic rings. The van der Waals surface area contributed by atoms with Gasteiger partial charge in [-0.25, -0.2) is 13.1 Å². The number of carbonyl (C=O) groups is 1. The zero-order valence-electron chi connectivity index (χ0n) is 13.8. The Morgan fingerprint density at radius 2 is 2.04 bits per heavy atom. The maximum Gasteiger partial charge on any atom is 0.241 e. The normalized spacial score (nSPS) is 12.8. The summed E-state index contributed by atoms with van der Waals surface area (Å²) in [6.45, 7) is 3.94. The first kappa shape index (κ1) is 18.2. The van der Waals surface area contributed by atoms with E-state index in [-0.39, 0.29) is 23.3 Å². The van der Waals surface area contributed by atoms with E-state index in [9.17, 15) is 13.2 Å². The van der Waals surface area contributed by atoms with E-state index >= 15 is 0 Å². The van der Waals surface area contributed by atoms with E-state index in [0.29, 0.717) is 11.4 Å². The quantitative estimate of drug-likeness (QED) is 0.765. The molecule has 0 fully saturated rings. The summed E-state index contributed by atoms with van der Waals surface area (Å²) in [7, 11) is -3.69. The molecule has 0 saturated carbocycles. The van der Waals surface area contributed by atoms with Crippen LogP contribution in [0.4, 0.5) is 5.69 Å². The highest BCUT2D eigenvalue weighted by atomic mass is 32.2. The van der Waals surface area contributed by atoms with E-state index in [0.717, 1.165) is 12.8 Å². The third kappa shape index (κ3) is 4.94. The number of benzene rings is 1. The van der Waals surface area contributed by atoms with E-state index < -0.39 is 10.0 Å². The van der Waals surface area contributed by atoms with Crippen molar-refractivity contribution in [2.45, 2.75) is 38.1 Å². The molecule has 7 heteroatoms. The van der Waals surface area contributed by atoms with Crippen LogP contribution in [0.25, 0.3) is 0 Å². The van der Waals surface area contributed by atoms with E-state index in [1.165, 1.54) is 18.4 Å². The Morgan fingerprint density at radius 1 is 1.25 bits per heavy atom. The average molecular weight is 350 g/mol. The van der Waals surface area contributed by atoms with E-state index in [1.807, 2.05) is 13.8 Å². The fourth-order valence-electron chi connectivity index (χ4n) is 2.23. The first-order chi connectivity index (χ1) is 11.4. The highest BCUT2D eigenvalue weighted by molar-refractivity contribution is 7.89. The summed E-state index contributed by atoms with van der Waals surface area (Å²) in [4.78, 5) is 12.1. The lowest BCUT2D eigenvalue weighted by molar-refractivity contribution is -0.119. The standard InChI is InChI=1S/C17H22N2O4S/c1-3-6-13(2)17(20)19-14-7-4-9-16(11-14)24(21,22)18-12-15-8-5-10-23-15/h4-5,7-11,13,18H,3,6,12H2,1-2H3,(H,19,20). The van der Waals surface area contributed by atoms with Crippen molar-refractivity contribution < 1.29 is 17.6 Å². The molecule has 2 aromatic rings. The lowest BCUT2D eigenvalue weighted by Gasteiger charge is -2.12. The summed E-state index contributed by atoms with van der Waals surface area (Å²) in [5.74, 6) is 0.290. The topological polar surface area (TPSA) is 88.4 Å². The number of carbonyl (C=O) groups excluding carboxylic acids is 1. The van der Waals surface area contributed by atoms with E-state index in [4.69, 9.17) is 4.42 Å². The Kier molecular flexibility index (Phi) is 6.16. The second-order valence-electron chi connectivity index (χ2n) is 5.61. The van der Waals surface area contributed by atoms with Crippen LogP contribution >= 0.6 is 0 Å². The van der Waals surface area contributed by atoms with E-state index in [1.54, 1.807) is 24.3 Å². The molecule has 1 unspecified atom stereocenters. The Bertz CT molecular complexity index is 770. The number of anilines is 1. The predicted molar refractivity (Wildman–Crippen MR) is 91.9 cm³/mol. The van der Waals surface area contributed by atoms with Crippen molar-refractivity contribution in [2.24, 2.45) is 5.92 Å². The minimum atomic E-state index is -3.69. The number of amides is 1. The molecule has 130 valence electrons. The Hall–Kier alpha value is -2.12. The van der Waals surface area contributed by atoms with Crippen molar-refractivity contribution in [1.82, 2.24) is 4.72 Å². The lowest BCUT2D eigenvalue weighted by atomic mass is 10.1. The van der Waals surface area contributed by atoms with Crippen LogP contribution in [0.1, 0.15) is 32.4 Å². The van der Waals surface area contributed by atoms with Crippen LogP contribution in [0, 0.1) is 5.92 Å². The van der Waals surface area contributed by atoms with Gasteiger partial charge in [0.2, 0.25) is 15.9 Å². The van der Waals surface area contributed by atoms with Crippen LogP contribution in [0.3, 0.4) is 0 Å². The molecule has 0 aliphatic heterocycles. The molecule has 0 bridgehead atoms. The molecule has 0 radical (unpaired) electrons. The fourth-order valence-corrected chi connectivity index (χ4v) is 3.27. The summed E-state index contributed by atoms with van der Waals surface area (Å²) >= 11 is 0. The molecule has 0 spiro atoms. The molecule has 2 rings (SSSR count). The first-order valence-corrected chi connectivity index (χ1v) is 9.33. The van der Waals surface area contributed by atoms with Crippen LogP contribution in [0.5, 0.6) is 0 Å². The summed E-state index contributed by atoms with van der Waals surface area (Å²) in [5, 5.41) is 2.76. The number of sulfonamides is 1. The van der Waals surface area contributed by atoms with Crippen LogP contribution < -0.4 is 10.0 Å². The van der Waals surface area contributed by atoms with Gasteiger partial charge in [0.1, 0.15) is 5.76 Å². The maximum atomic E-state index is 12.3. The van der Waals surface area contributed by atoms with Crippen molar-refractivity contribution in [2.75, 3.05) is 5.32 Å². The van der Waals surface area contributed by atoms with Gasteiger partial charge in [-0.05, 0) is 36.8 Å². The second kappa shape index (κ2) is 8.12. The first-order valence-electron chi connectivity index (χ1n) is 7.85. The minimum Gasteiger partial charge on any atom is -0.468 e. The lowest BCUT2D eigenvalue weighted by Crippen LogP contribution is -2.24. The van der Waals surface area contributed by atoms with Crippen LogP contribution in [-0.2, 0) is 21.4 Å². The fraction of sp³-hybridized carbons (Fsp3) is 0.353. The van der Waals surface area contributed by atoms with Gasteiger partial charge in [0.15, 0.2) is 0 Å². The monoisotopic (exact) mass is 350 g/mol. The minimum absolute atomic E-state index is 0.0689. The number of hydrogen-bond donors (Lipinski definition) is 2. The van der Waals surface area contributed by atoms with Crippen molar-refractivity contribution in [1.29, 1.82) is 0 Å². The molecule has 1 aromatic carbocycles. The number of rotatable bonds is 8. The Morgan fingerprint density at radius 3 is 2.71 bits per heavy atom. The maximum absolute atomic E-state index is 12.3. The van der Waals surface area contributed by atoms with Gasteiger partial charge in [-0.15, -0.1) is 0 Å². The molecular formula is C17H22N2O4S. The van der Waals surface area contributed by atoms with Gasteiger partial charge in [0.05, 0.1) is 17.7 Å². The predicted octanol–water partition coefficient (Wildman–Crippen LogP) is 3.13. The third-order valence-electron chi connectivity index (χ3n) is 3.60. The highest BCUT2D eigenvalue weighted by Gasteiger charge is 2.16. The van der Waals surface area contributed by atoms with Crippen LogP contribution in [0.15, 0.2) is 52.0 Å². The van der Waals surface area contributed by atoms with Crippen LogP contribution in [-0.4, -0.2) is 14.3 Å². The smallest absolute Gasteiger partial charge is 0.241 e. The van der Waals surface area contributed by atoms with Gasteiger partial charge in [-0.3, -0.25) is 4.79 Å². The average Bonchev–Trinajstić information content (AvgIpc) is 3.07. The molecule has 1 amide bonds. The Labute approximate surface area is 142 Å². The van der Waals surface area contributed by atoms with Gasteiger partial charge >= 0.3 is 0 Å². The van der Waals surface area contributed by atoms with Crippen LogP contribution in [0.2, 0.25) is 0 Å². The highest BCUT2D eigenvalue weighted by Crippen LogP contribution is 2.17. The van der Waals surface area contributed by atoms with Crippen molar-refractivity contribution in [3.63, 3.8) is 0 Å². The van der Waals surface area contributed by atoms with Gasteiger partial charge in [0.25, 0.3) is 0 Å². The number of hydrogen-bond acceptors (Lipinski definition) is 4. The van der Waals surface area contributed by atoms with Crippen molar-refractivity contribution >= 4 is 21.6 Å². The zero-order valence-corrected chi connectivity index (χ0v) is 14.6. The SMILES string of the molecule is CCCC(C)C(=O)Nc1cccc(S(=O)(=O)NCc2ccco2)c1. The summed E-state index contributed by atoms with van der Waals surface area (Å²) in [5.41, 5.74) is 0.462. The summed E-state index contributed by atoms with van der Waals surface area (Å²) in [6, 6.07) is 9.58. The molecule has 1 aromatic heterocycles. The summed E-state index contributed by atoms with van der Waals surface area (Å²) < 4.78 is 32.2. The molecule has 1 heterocycles. The molecule has 6 nitrogen and oxygen atoms in total. The van der Waals surface area contributed by atoms with Gasteiger partial charge in [-0.1, -0.05) is 26.3 Å². The molecule has 2 N–H and O–H groups in total. The third-order valence-corrected chi connectivity index (χ3v) is 5.00. The molecular weight excluding hydrogens is 328 g/mol. The molecule has 24 heavy (non-hydrogen) atoms. The Balaban J connectivity index is 2.07. The molecule has 0 saturated heterocycles. The second-order valence-corrected chi connectivity index (χ2v) is 7.38. The van der Waals surface area contributed by atoms with Crippen molar-refractivity contribution in [3.05, 3.63) is 48.4 Å². The van der Waals surface area contributed by atoms with Crippen molar-refractivity contribution in [3.8, 4) is 0 Å². The van der Waals surface area contributed by atoms with Gasteiger partial charge in [-0.2, -0.15) is 0 Å². The largest absolute Gasteiger partial charge is 0.468 e. The number of furan rings is 1. The number of nitrogens with one attached hydrogen (secondary N) is 2. The van der Waals surface area contributed by atoms with E-state index in [2.05, 4.69) is 10.0 Å².